The maximum atomic E-state index is 10.6. The van der Waals surface area contributed by atoms with Gasteiger partial charge in [0.25, 0.3) is 0 Å². The van der Waals surface area contributed by atoms with Crippen LogP contribution in [0.4, 0.5) is 0 Å². The molecule has 0 aliphatic carbocycles. The Morgan fingerprint density at radius 1 is 1.50 bits per heavy atom. The molecule has 0 aromatic heterocycles. The average molecular weight is 168 g/mol. The van der Waals surface area contributed by atoms with Crippen molar-refractivity contribution < 1.29 is 4.79 Å². The molecule has 0 rings (SSSR count). The van der Waals surface area contributed by atoms with Crippen LogP contribution < -0.4 is 11.1 Å². The number of hydrogen-bond acceptors (Lipinski definition) is 2. The quantitative estimate of drug-likeness (QED) is 0.575. The Morgan fingerprint density at radius 2 is 2.08 bits per heavy atom. The monoisotopic (exact) mass is 168 g/mol. The first-order valence-corrected chi connectivity index (χ1v) is 3.92. The molecule has 0 heterocycles. The zero-order valence-corrected chi connectivity index (χ0v) is 7.90. The molecule has 0 unspecified atom stereocenters. The van der Waals surface area contributed by atoms with E-state index in [0.29, 0.717) is 6.54 Å². The lowest BCUT2D eigenvalue weighted by Crippen LogP contribution is -2.30. The van der Waals surface area contributed by atoms with E-state index in [1.165, 1.54) is 0 Å². The third kappa shape index (κ3) is 7.10. The largest absolute Gasteiger partial charge is 0.344 e. The fraction of sp³-hybridized carbons (Fsp3) is 0.667. The minimum absolute atomic E-state index is 0.00651. The van der Waals surface area contributed by atoms with Crippen molar-refractivity contribution in [1.29, 1.82) is 0 Å². The SMILES string of the molecule is CC(C)(C)C#CCNC(=O)CN. The van der Waals surface area contributed by atoms with Gasteiger partial charge < -0.3 is 11.1 Å². The second kappa shape index (κ2) is 4.78. The van der Waals surface area contributed by atoms with Gasteiger partial charge in [-0.05, 0) is 20.8 Å². The topological polar surface area (TPSA) is 55.1 Å². The van der Waals surface area contributed by atoms with E-state index in [1.807, 2.05) is 20.8 Å². The summed E-state index contributed by atoms with van der Waals surface area (Å²) in [5, 5.41) is 2.57. The van der Waals surface area contributed by atoms with Crippen molar-refractivity contribution in [1.82, 2.24) is 5.32 Å². The molecule has 0 radical (unpaired) electrons. The van der Waals surface area contributed by atoms with Crippen LogP contribution in [0.25, 0.3) is 0 Å². The van der Waals surface area contributed by atoms with Crippen LogP contribution in [0, 0.1) is 17.3 Å². The first kappa shape index (κ1) is 11.0. The summed E-state index contributed by atoms with van der Waals surface area (Å²) in [6, 6.07) is 0. The second-order valence-corrected chi connectivity index (χ2v) is 3.53. The van der Waals surface area contributed by atoms with Crippen molar-refractivity contribution in [3.05, 3.63) is 0 Å². The number of nitrogens with one attached hydrogen (secondary N) is 1. The van der Waals surface area contributed by atoms with Crippen molar-refractivity contribution in [2.45, 2.75) is 20.8 Å². The lowest BCUT2D eigenvalue weighted by Gasteiger charge is -2.06. The highest BCUT2D eigenvalue weighted by atomic mass is 16.1. The molecule has 3 nitrogen and oxygen atoms in total. The van der Waals surface area contributed by atoms with Gasteiger partial charge in [-0.25, -0.2) is 0 Å². The smallest absolute Gasteiger partial charge is 0.234 e. The molecule has 12 heavy (non-hydrogen) atoms. The highest BCUT2D eigenvalue weighted by Gasteiger charge is 2.02. The van der Waals surface area contributed by atoms with E-state index in [4.69, 9.17) is 5.73 Å². The van der Waals surface area contributed by atoms with Gasteiger partial charge in [-0.15, -0.1) is 0 Å². The summed E-state index contributed by atoms with van der Waals surface area (Å²) < 4.78 is 0. The van der Waals surface area contributed by atoms with Crippen LogP contribution in [0.1, 0.15) is 20.8 Å². The van der Waals surface area contributed by atoms with Gasteiger partial charge in [-0.2, -0.15) is 0 Å². The molecule has 3 heteroatoms. The molecular formula is C9H16N2O. The predicted molar refractivity (Wildman–Crippen MR) is 49.3 cm³/mol. The summed E-state index contributed by atoms with van der Waals surface area (Å²) in [6.45, 7) is 6.46. The number of hydrogen-bond donors (Lipinski definition) is 2. The summed E-state index contributed by atoms with van der Waals surface area (Å²) in [4.78, 5) is 10.6. The normalized spacial score (nSPS) is 10.0. The third-order valence-electron chi connectivity index (χ3n) is 1.02. The molecular weight excluding hydrogens is 152 g/mol. The maximum absolute atomic E-state index is 10.6. The number of rotatable bonds is 2. The van der Waals surface area contributed by atoms with Crippen LogP contribution >= 0.6 is 0 Å². The fourth-order valence-corrected chi connectivity index (χ4v) is 0.524. The summed E-state index contributed by atoms with van der Waals surface area (Å²) >= 11 is 0. The number of nitrogens with two attached hydrogens (primary N) is 1. The van der Waals surface area contributed by atoms with Crippen LogP contribution in [-0.2, 0) is 4.79 Å². The van der Waals surface area contributed by atoms with Crippen molar-refractivity contribution >= 4 is 5.91 Å². The third-order valence-corrected chi connectivity index (χ3v) is 1.02. The van der Waals surface area contributed by atoms with E-state index in [-0.39, 0.29) is 17.9 Å². The zero-order valence-electron chi connectivity index (χ0n) is 7.90. The molecule has 3 N–H and O–H groups in total. The van der Waals surface area contributed by atoms with Gasteiger partial charge in [0.2, 0.25) is 5.91 Å². The number of carbonyl (C=O) groups is 1. The molecule has 0 bridgehead atoms. The Hall–Kier alpha value is -1.01. The molecule has 0 fully saturated rings. The van der Waals surface area contributed by atoms with E-state index in [9.17, 15) is 4.79 Å². The standard InChI is InChI=1S/C9H16N2O/c1-9(2,3)5-4-6-11-8(12)7-10/h6-7,10H2,1-3H3,(H,11,12). The lowest BCUT2D eigenvalue weighted by atomic mass is 9.98. The Kier molecular flexibility index (Phi) is 4.38. The van der Waals surface area contributed by atoms with Crippen molar-refractivity contribution in [2.75, 3.05) is 13.1 Å². The van der Waals surface area contributed by atoms with Gasteiger partial charge >= 0.3 is 0 Å². The molecule has 1 amide bonds. The summed E-state index contributed by atoms with van der Waals surface area (Å²) in [6.07, 6.45) is 0. The van der Waals surface area contributed by atoms with Crippen LogP contribution in [0.3, 0.4) is 0 Å². The molecule has 0 aliphatic heterocycles. The minimum Gasteiger partial charge on any atom is -0.344 e. The number of amides is 1. The molecule has 0 aromatic rings. The Morgan fingerprint density at radius 3 is 2.50 bits per heavy atom. The van der Waals surface area contributed by atoms with Gasteiger partial charge in [0, 0.05) is 5.41 Å². The molecule has 0 spiro atoms. The lowest BCUT2D eigenvalue weighted by molar-refractivity contribution is -0.119. The van der Waals surface area contributed by atoms with E-state index < -0.39 is 0 Å². The Labute approximate surface area is 73.7 Å². The summed E-state index contributed by atoms with van der Waals surface area (Å²) in [5.74, 6) is 5.68. The van der Waals surface area contributed by atoms with Gasteiger partial charge in [0.1, 0.15) is 0 Å². The zero-order chi connectivity index (χ0) is 9.61. The molecule has 0 saturated carbocycles. The predicted octanol–water partition coefficient (Wildman–Crippen LogP) is 0.111. The highest BCUT2D eigenvalue weighted by molar-refractivity contribution is 5.77. The average Bonchev–Trinajstić information content (AvgIpc) is 1.96. The van der Waals surface area contributed by atoms with Crippen molar-refractivity contribution in [3.63, 3.8) is 0 Å². The molecule has 0 aliphatic rings. The van der Waals surface area contributed by atoms with Crippen LogP contribution in [-0.4, -0.2) is 19.0 Å². The summed E-state index contributed by atoms with van der Waals surface area (Å²) in [7, 11) is 0. The Bertz CT molecular complexity index is 205. The number of carbonyl (C=O) groups excluding carboxylic acids is 1. The van der Waals surface area contributed by atoms with Crippen LogP contribution in [0.15, 0.2) is 0 Å². The van der Waals surface area contributed by atoms with E-state index >= 15 is 0 Å². The summed E-state index contributed by atoms with van der Waals surface area (Å²) in [5.41, 5.74) is 5.07. The molecule has 0 atom stereocenters. The first-order chi connectivity index (χ1) is 5.45. The van der Waals surface area contributed by atoms with Gasteiger partial charge in [0.15, 0.2) is 0 Å². The van der Waals surface area contributed by atoms with Crippen molar-refractivity contribution in [2.24, 2.45) is 11.1 Å². The molecule has 0 aromatic carbocycles. The van der Waals surface area contributed by atoms with Gasteiger partial charge in [0.05, 0.1) is 13.1 Å². The van der Waals surface area contributed by atoms with Crippen LogP contribution in [0.2, 0.25) is 0 Å². The molecule has 68 valence electrons. The maximum Gasteiger partial charge on any atom is 0.234 e. The van der Waals surface area contributed by atoms with Crippen LogP contribution in [0.5, 0.6) is 0 Å². The van der Waals surface area contributed by atoms with E-state index in [1.54, 1.807) is 0 Å². The first-order valence-electron chi connectivity index (χ1n) is 3.92. The Balaban J connectivity index is 3.67. The second-order valence-electron chi connectivity index (χ2n) is 3.53. The minimum atomic E-state index is -0.168. The van der Waals surface area contributed by atoms with E-state index in [0.717, 1.165) is 0 Å². The van der Waals surface area contributed by atoms with Gasteiger partial charge in [-0.1, -0.05) is 11.8 Å². The van der Waals surface area contributed by atoms with E-state index in [2.05, 4.69) is 17.2 Å². The fourth-order valence-electron chi connectivity index (χ4n) is 0.524. The molecule has 0 saturated heterocycles. The van der Waals surface area contributed by atoms with Gasteiger partial charge in [-0.3, -0.25) is 4.79 Å². The van der Waals surface area contributed by atoms with Crippen molar-refractivity contribution in [3.8, 4) is 11.8 Å². The highest BCUT2D eigenvalue weighted by Crippen LogP contribution is 2.09.